The maximum Gasteiger partial charge on any atom is 0.122 e. The quantitative estimate of drug-likeness (QED) is 0.774. The molecule has 0 spiro atoms. The molecule has 0 radical (unpaired) electrons. The Morgan fingerprint density at radius 2 is 2.19 bits per heavy atom. The van der Waals surface area contributed by atoms with Crippen LogP contribution in [0.15, 0.2) is 24.3 Å². The first kappa shape index (κ1) is 11.5. The number of piperidine rings is 1. The molecule has 1 unspecified atom stereocenters. The first-order chi connectivity index (χ1) is 7.79. The highest BCUT2D eigenvalue weighted by atomic mass is 16.5. The molecule has 1 atom stereocenters. The van der Waals surface area contributed by atoms with Crippen LogP contribution < -0.4 is 4.74 Å². The van der Waals surface area contributed by atoms with E-state index in [4.69, 9.17) is 4.74 Å². The van der Waals surface area contributed by atoms with Gasteiger partial charge in [-0.25, -0.2) is 0 Å². The van der Waals surface area contributed by atoms with Gasteiger partial charge in [0.05, 0.1) is 7.11 Å². The lowest BCUT2D eigenvalue weighted by atomic mass is 9.91. The van der Waals surface area contributed by atoms with Crippen molar-refractivity contribution in [2.75, 3.05) is 27.2 Å². The van der Waals surface area contributed by atoms with Gasteiger partial charge in [0.2, 0.25) is 0 Å². The van der Waals surface area contributed by atoms with Gasteiger partial charge in [0.1, 0.15) is 5.75 Å². The Kier molecular flexibility index (Phi) is 3.83. The van der Waals surface area contributed by atoms with Crippen LogP contribution in [0.4, 0.5) is 0 Å². The van der Waals surface area contributed by atoms with E-state index in [0.29, 0.717) is 0 Å². The molecule has 88 valence electrons. The Hall–Kier alpha value is -1.02. The van der Waals surface area contributed by atoms with Gasteiger partial charge in [-0.2, -0.15) is 0 Å². The summed E-state index contributed by atoms with van der Waals surface area (Å²) in [5, 5.41) is 0. The average Bonchev–Trinajstić information content (AvgIpc) is 2.30. The highest BCUT2D eigenvalue weighted by Crippen LogP contribution is 2.25. The molecule has 16 heavy (non-hydrogen) atoms. The molecule has 1 saturated heterocycles. The number of benzene rings is 1. The maximum absolute atomic E-state index is 5.40. The lowest BCUT2D eigenvalue weighted by Crippen LogP contribution is -2.33. The van der Waals surface area contributed by atoms with Gasteiger partial charge >= 0.3 is 0 Å². The van der Waals surface area contributed by atoms with Crippen LogP contribution in [0.25, 0.3) is 0 Å². The largest absolute Gasteiger partial charge is 0.496 e. The van der Waals surface area contributed by atoms with Gasteiger partial charge in [-0.3, -0.25) is 0 Å². The molecule has 1 aromatic rings. The van der Waals surface area contributed by atoms with Gasteiger partial charge in [0, 0.05) is 6.54 Å². The normalized spacial score (nSPS) is 22.0. The van der Waals surface area contributed by atoms with Crippen molar-refractivity contribution < 1.29 is 4.74 Å². The number of para-hydroxylation sites is 1. The van der Waals surface area contributed by atoms with Crippen molar-refractivity contribution in [2.45, 2.75) is 19.3 Å². The van der Waals surface area contributed by atoms with Crippen LogP contribution in [-0.4, -0.2) is 32.1 Å². The lowest BCUT2D eigenvalue weighted by Gasteiger charge is -2.30. The molecule has 1 fully saturated rings. The third-order valence-corrected chi connectivity index (χ3v) is 3.42. The van der Waals surface area contributed by atoms with E-state index in [1.165, 1.54) is 31.5 Å². The van der Waals surface area contributed by atoms with Crippen LogP contribution in [0.2, 0.25) is 0 Å². The van der Waals surface area contributed by atoms with E-state index < -0.39 is 0 Å². The fourth-order valence-corrected chi connectivity index (χ4v) is 2.62. The summed E-state index contributed by atoms with van der Waals surface area (Å²) in [5.74, 6) is 1.82. The molecule has 2 nitrogen and oxygen atoms in total. The fourth-order valence-electron chi connectivity index (χ4n) is 2.62. The number of hydrogen-bond donors (Lipinski definition) is 0. The molecular weight excluding hydrogens is 198 g/mol. The number of nitrogens with zero attached hydrogens (tertiary/aromatic N) is 1. The van der Waals surface area contributed by atoms with Gasteiger partial charge in [-0.05, 0) is 50.4 Å². The molecule has 0 saturated carbocycles. The minimum atomic E-state index is 0.787. The first-order valence-corrected chi connectivity index (χ1v) is 6.10. The molecule has 1 aliphatic rings. The molecule has 2 heteroatoms. The number of rotatable bonds is 3. The fraction of sp³-hybridized carbons (Fsp3) is 0.571. The molecule has 0 bridgehead atoms. The number of hydrogen-bond acceptors (Lipinski definition) is 2. The second kappa shape index (κ2) is 5.35. The molecule has 0 amide bonds. The minimum Gasteiger partial charge on any atom is -0.496 e. The van der Waals surface area contributed by atoms with E-state index >= 15 is 0 Å². The predicted octanol–water partition coefficient (Wildman–Crippen LogP) is 2.58. The van der Waals surface area contributed by atoms with Gasteiger partial charge in [-0.1, -0.05) is 18.2 Å². The summed E-state index contributed by atoms with van der Waals surface area (Å²) in [6.45, 7) is 2.47. The molecule has 1 heterocycles. The topological polar surface area (TPSA) is 12.5 Å². The zero-order chi connectivity index (χ0) is 11.4. The highest BCUT2D eigenvalue weighted by molar-refractivity contribution is 5.33. The number of ether oxygens (including phenoxy) is 1. The molecule has 0 aromatic heterocycles. The molecule has 0 N–H and O–H groups in total. The Morgan fingerprint density at radius 1 is 1.38 bits per heavy atom. The Morgan fingerprint density at radius 3 is 2.94 bits per heavy atom. The van der Waals surface area contributed by atoms with Gasteiger partial charge < -0.3 is 9.64 Å². The second-order valence-electron chi connectivity index (χ2n) is 4.79. The third kappa shape index (κ3) is 2.76. The molecule has 2 rings (SSSR count). The van der Waals surface area contributed by atoms with Crippen LogP contribution in [-0.2, 0) is 6.42 Å². The Labute approximate surface area is 98.2 Å². The van der Waals surface area contributed by atoms with E-state index in [1.54, 1.807) is 7.11 Å². The van der Waals surface area contributed by atoms with E-state index in [2.05, 4.69) is 30.1 Å². The SMILES string of the molecule is COc1ccccc1CC1CCCN(C)C1. The van der Waals surface area contributed by atoms with E-state index in [0.717, 1.165) is 18.1 Å². The molecule has 0 aliphatic carbocycles. The van der Waals surface area contributed by atoms with Gasteiger partial charge in [-0.15, -0.1) is 0 Å². The van der Waals surface area contributed by atoms with E-state index in [1.807, 2.05) is 6.07 Å². The summed E-state index contributed by atoms with van der Waals surface area (Å²) in [5.41, 5.74) is 1.35. The summed E-state index contributed by atoms with van der Waals surface area (Å²) in [4.78, 5) is 2.43. The van der Waals surface area contributed by atoms with Crippen LogP contribution in [0.1, 0.15) is 18.4 Å². The Balaban J connectivity index is 2.02. The van der Waals surface area contributed by atoms with Crippen LogP contribution >= 0.6 is 0 Å². The van der Waals surface area contributed by atoms with Crippen molar-refractivity contribution >= 4 is 0 Å². The lowest BCUT2D eigenvalue weighted by molar-refractivity contribution is 0.208. The first-order valence-electron chi connectivity index (χ1n) is 6.10. The number of methoxy groups -OCH3 is 1. The minimum absolute atomic E-state index is 0.787. The smallest absolute Gasteiger partial charge is 0.122 e. The van der Waals surface area contributed by atoms with Crippen molar-refractivity contribution in [1.29, 1.82) is 0 Å². The second-order valence-corrected chi connectivity index (χ2v) is 4.79. The number of likely N-dealkylation sites (tertiary alicyclic amines) is 1. The van der Waals surface area contributed by atoms with Crippen LogP contribution in [0.5, 0.6) is 5.75 Å². The van der Waals surface area contributed by atoms with Crippen molar-refractivity contribution in [3.63, 3.8) is 0 Å². The zero-order valence-corrected chi connectivity index (χ0v) is 10.3. The summed E-state index contributed by atoms with van der Waals surface area (Å²) in [6, 6.07) is 8.38. The van der Waals surface area contributed by atoms with Crippen molar-refractivity contribution in [1.82, 2.24) is 4.90 Å². The van der Waals surface area contributed by atoms with Crippen LogP contribution in [0.3, 0.4) is 0 Å². The highest BCUT2D eigenvalue weighted by Gasteiger charge is 2.18. The summed E-state index contributed by atoms with van der Waals surface area (Å²) < 4.78 is 5.40. The summed E-state index contributed by atoms with van der Waals surface area (Å²) in [7, 11) is 3.97. The summed E-state index contributed by atoms with van der Waals surface area (Å²) >= 11 is 0. The Bertz CT molecular complexity index is 337. The molecular formula is C14H21NO. The van der Waals surface area contributed by atoms with Crippen molar-refractivity contribution in [3.8, 4) is 5.75 Å². The predicted molar refractivity (Wildman–Crippen MR) is 66.9 cm³/mol. The maximum atomic E-state index is 5.40. The van der Waals surface area contributed by atoms with Crippen LogP contribution in [0, 0.1) is 5.92 Å². The third-order valence-electron chi connectivity index (χ3n) is 3.42. The summed E-state index contributed by atoms with van der Waals surface area (Å²) in [6.07, 6.45) is 3.83. The van der Waals surface area contributed by atoms with E-state index in [-0.39, 0.29) is 0 Å². The standard InChI is InChI=1S/C14H21NO/c1-15-9-5-6-12(11-15)10-13-7-3-4-8-14(13)16-2/h3-4,7-8,12H,5-6,9-11H2,1-2H3. The zero-order valence-electron chi connectivity index (χ0n) is 10.3. The monoisotopic (exact) mass is 219 g/mol. The molecule has 1 aliphatic heterocycles. The van der Waals surface area contributed by atoms with E-state index in [9.17, 15) is 0 Å². The van der Waals surface area contributed by atoms with Gasteiger partial charge in [0.15, 0.2) is 0 Å². The van der Waals surface area contributed by atoms with Gasteiger partial charge in [0.25, 0.3) is 0 Å². The average molecular weight is 219 g/mol. The molecule has 1 aromatic carbocycles. The van der Waals surface area contributed by atoms with Crippen molar-refractivity contribution in [2.24, 2.45) is 5.92 Å². The van der Waals surface area contributed by atoms with Crippen molar-refractivity contribution in [3.05, 3.63) is 29.8 Å².